The number of imidazole rings is 1. The number of anilines is 1. The third kappa shape index (κ3) is 4.71. The van der Waals surface area contributed by atoms with Crippen molar-refractivity contribution in [2.45, 2.75) is 45.6 Å². The lowest BCUT2D eigenvalue weighted by Crippen LogP contribution is -2.35. The lowest BCUT2D eigenvalue weighted by atomic mass is 10.1. The Morgan fingerprint density at radius 1 is 1.19 bits per heavy atom. The van der Waals surface area contributed by atoms with Crippen molar-refractivity contribution in [2.75, 3.05) is 18.8 Å². The fraction of sp³-hybridized carbons (Fsp3) is 0.786. The molecule has 0 atom stereocenters. The van der Waals surface area contributed by atoms with Crippen LogP contribution in [-0.2, 0) is 17.1 Å². The van der Waals surface area contributed by atoms with Crippen molar-refractivity contribution in [1.29, 1.82) is 0 Å². The molecule has 1 heterocycles. The van der Waals surface area contributed by atoms with Crippen molar-refractivity contribution >= 4 is 15.8 Å². The Bertz CT molecular complexity index is 518. The largest absolute Gasteiger partial charge is 0.381 e. The average Bonchev–Trinajstić information content (AvgIpc) is 2.68. The standard InChI is InChI=1S/C14H28N4O2S/c1-11(2)6-8-18(9-7-12(3)4)21(19,20)14-13(15)16-10-17(14)5/h10-12H,6-9,15H2,1-5H3. The van der Waals surface area contributed by atoms with E-state index in [0.717, 1.165) is 12.8 Å². The van der Waals surface area contributed by atoms with Crippen LogP contribution in [0.5, 0.6) is 0 Å². The van der Waals surface area contributed by atoms with Crippen LogP contribution in [0.2, 0.25) is 0 Å². The Kier molecular flexibility index (Phi) is 6.22. The van der Waals surface area contributed by atoms with E-state index in [9.17, 15) is 8.42 Å². The minimum atomic E-state index is -3.60. The summed E-state index contributed by atoms with van der Waals surface area (Å²) in [6, 6.07) is 0. The van der Waals surface area contributed by atoms with Crippen LogP contribution in [-0.4, -0.2) is 35.4 Å². The van der Waals surface area contributed by atoms with Gasteiger partial charge in [0.05, 0.1) is 6.33 Å². The predicted molar refractivity (Wildman–Crippen MR) is 85.3 cm³/mol. The summed E-state index contributed by atoms with van der Waals surface area (Å²) in [4.78, 5) is 3.89. The number of nitrogen functional groups attached to an aromatic ring is 1. The maximum Gasteiger partial charge on any atom is 0.262 e. The molecule has 1 aromatic rings. The first-order chi connectivity index (χ1) is 9.66. The van der Waals surface area contributed by atoms with Crippen molar-refractivity contribution in [3.63, 3.8) is 0 Å². The molecular formula is C14H28N4O2S. The molecule has 0 aromatic carbocycles. The zero-order valence-corrected chi connectivity index (χ0v) is 14.5. The van der Waals surface area contributed by atoms with Gasteiger partial charge in [0.15, 0.2) is 10.8 Å². The maximum atomic E-state index is 12.8. The van der Waals surface area contributed by atoms with Gasteiger partial charge in [-0.05, 0) is 24.7 Å². The summed E-state index contributed by atoms with van der Waals surface area (Å²) < 4.78 is 28.7. The molecule has 122 valence electrons. The fourth-order valence-electron chi connectivity index (χ4n) is 2.03. The molecule has 0 aliphatic heterocycles. The number of nitrogens with zero attached hydrogens (tertiary/aromatic N) is 3. The Morgan fingerprint density at radius 2 is 1.67 bits per heavy atom. The van der Waals surface area contributed by atoms with Gasteiger partial charge in [-0.15, -0.1) is 0 Å². The zero-order valence-electron chi connectivity index (χ0n) is 13.7. The number of hydrogen-bond acceptors (Lipinski definition) is 4. The Hall–Kier alpha value is -1.08. The van der Waals surface area contributed by atoms with Crippen molar-refractivity contribution < 1.29 is 8.42 Å². The van der Waals surface area contributed by atoms with Crippen molar-refractivity contribution in [3.05, 3.63) is 6.33 Å². The van der Waals surface area contributed by atoms with E-state index >= 15 is 0 Å². The van der Waals surface area contributed by atoms with Crippen LogP contribution in [0.1, 0.15) is 40.5 Å². The summed E-state index contributed by atoms with van der Waals surface area (Å²) in [5, 5.41) is 0.0926. The van der Waals surface area contributed by atoms with Crippen molar-refractivity contribution in [1.82, 2.24) is 13.9 Å². The quantitative estimate of drug-likeness (QED) is 0.796. The molecule has 0 fully saturated rings. The molecule has 0 aliphatic rings. The lowest BCUT2D eigenvalue weighted by molar-refractivity contribution is 0.355. The molecule has 0 bridgehead atoms. The molecule has 1 rings (SSSR count). The number of sulfonamides is 1. The van der Waals surface area contributed by atoms with Crippen LogP contribution < -0.4 is 5.73 Å². The highest BCUT2D eigenvalue weighted by molar-refractivity contribution is 7.89. The van der Waals surface area contributed by atoms with Crippen molar-refractivity contribution in [3.8, 4) is 0 Å². The van der Waals surface area contributed by atoms with Crippen LogP contribution >= 0.6 is 0 Å². The highest BCUT2D eigenvalue weighted by atomic mass is 32.2. The first-order valence-electron chi connectivity index (χ1n) is 7.43. The van der Waals surface area contributed by atoms with Gasteiger partial charge in [-0.1, -0.05) is 27.7 Å². The molecule has 21 heavy (non-hydrogen) atoms. The molecule has 0 amide bonds. The number of aromatic nitrogens is 2. The monoisotopic (exact) mass is 316 g/mol. The molecular weight excluding hydrogens is 288 g/mol. The normalized spacial score (nSPS) is 12.8. The third-order valence-corrected chi connectivity index (χ3v) is 5.44. The van der Waals surface area contributed by atoms with Gasteiger partial charge in [-0.2, -0.15) is 4.31 Å². The molecule has 0 unspecified atom stereocenters. The molecule has 0 radical (unpaired) electrons. The van der Waals surface area contributed by atoms with Gasteiger partial charge in [0, 0.05) is 20.1 Å². The van der Waals surface area contributed by atoms with Crippen LogP contribution in [0.4, 0.5) is 5.82 Å². The number of hydrogen-bond donors (Lipinski definition) is 1. The molecule has 0 saturated heterocycles. The second kappa shape index (κ2) is 7.26. The van der Waals surface area contributed by atoms with E-state index in [-0.39, 0.29) is 10.8 Å². The average molecular weight is 316 g/mol. The van der Waals surface area contributed by atoms with Gasteiger partial charge in [0.2, 0.25) is 0 Å². The number of aryl methyl sites for hydroxylation is 1. The van der Waals surface area contributed by atoms with Gasteiger partial charge in [-0.3, -0.25) is 0 Å². The lowest BCUT2D eigenvalue weighted by Gasteiger charge is -2.24. The first-order valence-corrected chi connectivity index (χ1v) is 8.87. The fourth-order valence-corrected chi connectivity index (χ4v) is 3.69. The van der Waals surface area contributed by atoms with Gasteiger partial charge in [-0.25, -0.2) is 13.4 Å². The maximum absolute atomic E-state index is 12.8. The molecule has 0 aliphatic carbocycles. The van der Waals surface area contributed by atoms with Crippen LogP contribution in [0, 0.1) is 11.8 Å². The molecule has 0 saturated carbocycles. The summed E-state index contributed by atoms with van der Waals surface area (Å²) in [5.41, 5.74) is 5.74. The Morgan fingerprint density at radius 3 is 2.00 bits per heavy atom. The highest BCUT2D eigenvalue weighted by Crippen LogP contribution is 2.22. The summed E-state index contributed by atoms with van der Waals surface area (Å²) >= 11 is 0. The second-order valence-corrected chi connectivity index (χ2v) is 8.17. The minimum Gasteiger partial charge on any atom is -0.381 e. The topological polar surface area (TPSA) is 81.2 Å². The van der Waals surface area contributed by atoms with Crippen LogP contribution in [0.25, 0.3) is 0 Å². The van der Waals surface area contributed by atoms with E-state index in [1.54, 1.807) is 11.4 Å². The predicted octanol–water partition coefficient (Wildman–Crippen LogP) is 2.09. The van der Waals surface area contributed by atoms with Crippen LogP contribution in [0.3, 0.4) is 0 Å². The minimum absolute atomic E-state index is 0.0663. The Labute approximate surface area is 128 Å². The van der Waals surface area contributed by atoms with Gasteiger partial charge in [0.1, 0.15) is 0 Å². The van der Waals surface area contributed by atoms with E-state index in [0.29, 0.717) is 24.9 Å². The Balaban J connectivity index is 3.04. The van der Waals surface area contributed by atoms with Gasteiger partial charge >= 0.3 is 0 Å². The van der Waals surface area contributed by atoms with Gasteiger partial charge in [0.25, 0.3) is 10.0 Å². The molecule has 2 N–H and O–H groups in total. The van der Waals surface area contributed by atoms with E-state index in [1.807, 2.05) is 0 Å². The molecule has 0 spiro atoms. The SMILES string of the molecule is CC(C)CCN(CCC(C)C)S(=O)(=O)c1c(N)ncn1C. The van der Waals surface area contributed by atoms with Crippen LogP contribution in [0.15, 0.2) is 11.4 Å². The molecule has 7 heteroatoms. The third-order valence-electron chi connectivity index (χ3n) is 3.41. The molecule has 1 aromatic heterocycles. The number of rotatable bonds is 8. The molecule has 6 nitrogen and oxygen atoms in total. The summed E-state index contributed by atoms with van der Waals surface area (Å²) in [5.74, 6) is 0.966. The number of nitrogens with two attached hydrogens (primary N) is 1. The highest BCUT2D eigenvalue weighted by Gasteiger charge is 2.29. The zero-order chi connectivity index (χ0) is 16.2. The summed E-state index contributed by atoms with van der Waals surface area (Å²) in [7, 11) is -1.95. The summed E-state index contributed by atoms with van der Waals surface area (Å²) in [6.07, 6.45) is 3.09. The van der Waals surface area contributed by atoms with Gasteiger partial charge < -0.3 is 10.3 Å². The smallest absolute Gasteiger partial charge is 0.262 e. The van der Waals surface area contributed by atoms with E-state index in [1.165, 1.54) is 10.9 Å². The van der Waals surface area contributed by atoms with E-state index in [4.69, 9.17) is 5.73 Å². The first kappa shape index (κ1) is 18.0. The second-order valence-electron chi connectivity index (χ2n) is 6.31. The van der Waals surface area contributed by atoms with E-state index in [2.05, 4.69) is 32.7 Å². The summed E-state index contributed by atoms with van der Waals surface area (Å²) in [6.45, 7) is 9.38. The van der Waals surface area contributed by atoms with E-state index < -0.39 is 10.0 Å². The van der Waals surface area contributed by atoms with Crippen molar-refractivity contribution in [2.24, 2.45) is 18.9 Å².